The summed E-state index contributed by atoms with van der Waals surface area (Å²) in [5.74, 6) is 0. The molecule has 0 aliphatic carbocycles. The van der Waals surface area contributed by atoms with Crippen molar-refractivity contribution in [2.45, 2.75) is 63.9 Å². The molecule has 0 aromatic heterocycles. The smallest absolute Gasteiger partial charge is 0.115 e. The zero-order chi connectivity index (χ0) is 27.4. The lowest BCUT2D eigenvalue weighted by Crippen LogP contribution is -2.60. The third-order valence-electron chi connectivity index (χ3n) is 7.12. The Kier molecular flexibility index (Phi) is 10.5. The second-order valence-electron chi connectivity index (χ2n) is 10.2. The molecule has 1 fully saturated rings. The summed E-state index contributed by atoms with van der Waals surface area (Å²) in [5.41, 5.74) is 4.41. The van der Waals surface area contributed by atoms with Crippen LogP contribution in [0.4, 0.5) is 0 Å². The standard InChI is InChI=1S/C35H38O5/c1-27-33(37-23-29-16-8-3-9-17-29)35(39-25-31-20-12-5-13-21-31)34(38-24-30-18-10-4-11-19-30)32(40-27)26-36-22-28-14-6-2-7-15-28/h2-21,27,32-35H,22-26H2,1H3/t27-,32+,33-,34-,35+/m0/s1. The van der Waals surface area contributed by atoms with Gasteiger partial charge in [-0.15, -0.1) is 0 Å². The highest BCUT2D eigenvalue weighted by Gasteiger charge is 2.46. The van der Waals surface area contributed by atoms with Crippen LogP contribution in [0.1, 0.15) is 29.2 Å². The molecular weight excluding hydrogens is 500 g/mol. The van der Waals surface area contributed by atoms with Crippen LogP contribution in [0.15, 0.2) is 121 Å². The molecule has 5 rings (SSSR count). The van der Waals surface area contributed by atoms with E-state index >= 15 is 0 Å². The Hall–Kier alpha value is -3.32. The molecule has 0 unspecified atom stereocenters. The van der Waals surface area contributed by atoms with Crippen LogP contribution < -0.4 is 0 Å². The summed E-state index contributed by atoms with van der Waals surface area (Å²) in [6, 6.07) is 40.8. The van der Waals surface area contributed by atoms with E-state index in [4.69, 9.17) is 23.7 Å². The molecule has 1 saturated heterocycles. The van der Waals surface area contributed by atoms with Gasteiger partial charge in [0.15, 0.2) is 0 Å². The van der Waals surface area contributed by atoms with Crippen LogP contribution in [0, 0.1) is 0 Å². The second kappa shape index (κ2) is 14.9. The molecule has 4 aromatic rings. The number of hydrogen-bond acceptors (Lipinski definition) is 5. The Morgan fingerprint density at radius 2 is 0.850 bits per heavy atom. The Bertz CT molecular complexity index is 1240. The molecule has 4 aromatic carbocycles. The predicted molar refractivity (Wildman–Crippen MR) is 155 cm³/mol. The van der Waals surface area contributed by atoms with Gasteiger partial charge in [-0.05, 0) is 29.2 Å². The lowest BCUT2D eigenvalue weighted by molar-refractivity contribution is -0.269. The molecular formula is C35H38O5. The van der Waals surface area contributed by atoms with Crippen molar-refractivity contribution in [2.75, 3.05) is 6.61 Å². The van der Waals surface area contributed by atoms with Crippen molar-refractivity contribution in [3.8, 4) is 0 Å². The third kappa shape index (κ3) is 8.10. The normalized spacial score (nSPS) is 22.7. The van der Waals surface area contributed by atoms with E-state index in [1.54, 1.807) is 0 Å². The summed E-state index contributed by atoms with van der Waals surface area (Å²) in [5, 5.41) is 0. The van der Waals surface area contributed by atoms with Crippen molar-refractivity contribution in [2.24, 2.45) is 0 Å². The van der Waals surface area contributed by atoms with Gasteiger partial charge in [0.05, 0.1) is 39.1 Å². The largest absolute Gasteiger partial charge is 0.374 e. The Morgan fingerprint density at radius 3 is 1.30 bits per heavy atom. The van der Waals surface area contributed by atoms with Crippen LogP contribution in [0.25, 0.3) is 0 Å². The van der Waals surface area contributed by atoms with Gasteiger partial charge in [0.25, 0.3) is 0 Å². The van der Waals surface area contributed by atoms with Crippen LogP contribution in [0.2, 0.25) is 0 Å². The molecule has 40 heavy (non-hydrogen) atoms. The molecule has 5 nitrogen and oxygen atoms in total. The minimum Gasteiger partial charge on any atom is -0.374 e. The van der Waals surface area contributed by atoms with E-state index in [-0.39, 0.29) is 24.4 Å². The average Bonchev–Trinajstić information content (AvgIpc) is 3.01. The molecule has 0 bridgehead atoms. The number of hydrogen-bond donors (Lipinski definition) is 0. The fourth-order valence-corrected chi connectivity index (χ4v) is 5.02. The van der Waals surface area contributed by atoms with E-state index < -0.39 is 6.10 Å². The average molecular weight is 539 g/mol. The maximum absolute atomic E-state index is 6.65. The van der Waals surface area contributed by atoms with E-state index in [0.717, 1.165) is 22.3 Å². The van der Waals surface area contributed by atoms with Crippen LogP contribution in [0.5, 0.6) is 0 Å². The van der Waals surface area contributed by atoms with Gasteiger partial charge in [0, 0.05) is 0 Å². The first-order valence-corrected chi connectivity index (χ1v) is 14.0. The molecule has 1 aliphatic heterocycles. The Morgan fingerprint density at radius 1 is 0.475 bits per heavy atom. The fourth-order valence-electron chi connectivity index (χ4n) is 5.02. The van der Waals surface area contributed by atoms with Crippen LogP contribution >= 0.6 is 0 Å². The lowest BCUT2D eigenvalue weighted by Gasteiger charge is -2.45. The maximum atomic E-state index is 6.65. The summed E-state index contributed by atoms with van der Waals surface area (Å²) < 4.78 is 32.5. The number of benzene rings is 4. The topological polar surface area (TPSA) is 46.2 Å². The molecule has 5 atom stereocenters. The van der Waals surface area contributed by atoms with Gasteiger partial charge in [-0.3, -0.25) is 0 Å². The molecule has 1 aliphatic rings. The van der Waals surface area contributed by atoms with E-state index in [1.165, 1.54) is 0 Å². The van der Waals surface area contributed by atoms with Gasteiger partial charge in [0.2, 0.25) is 0 Å². The first-order chi connectivity index (χ1) is 19.8. The summed E-state index contributed by atoms with van der Waals surface area (Å²) in [7, 11) is 0. The summed E-state index contributed by atoms with van der Waals surface area (Å²) >= 11 is 0. The zero-order valence-electron chi connectivity index (χ0n) is 23.0. The van der Waals surface area contributed by atoms with Crippen LogP contribution in [-0.4, -0.2) is 37.1 Å². The van der Waals surface area contributed by atoms with Crippen LogP contribution in [0.3, 0.4) is 0 Å². The number of rotatable bonds is 13. The molecule has 208 valence electrons. The molecule has 5 heteroatoms. The highest BCUT2D eigenvalue weighted by atomic mass is 16.6. The maximum Gasteiger partial charge on any atom is 0.115 e. The second-order valence-corrected chi connectivity index (χ2v) is 10.2. The first kappa shape index (κ1) is 28.2. The van der Waals surface area contributed by atoms with Gasteiger partial charge in [-0.2, -0.15) is 0 Å². The summed E-state index contributed by atoms with van der Waals surface area (Å²) in [6.45, 7) is 4.29. The Labute approximate surface area is 237 Å². The van der Waals surface area contributed by atoms with Gasteiger partial charge in [-0.25, -0.2) is 0 Å². The summed E-state index contributed by atoms with van der Waals surface area (Å²) in [4.78, 5) is 0. The van der Waals surface area contributed by atoms with E-state index in [0.29, 0.717) is 33.0 Å². The van der Waals surface area contributed by atoms with Crippen molar-refractivity contribution in [3.05, 3.63) is 144 Å². The van der Waals surface area contributed by atoms with Gasteiger partial charge in [-0.1, -0.05) is 121 Å². The van der Waals surface area contributed by atoms with E-state index in [2.05, 4.69) is 48.5 Å². The quantitative estimate of drug-likeness (QED) is 0.189. The van der Waals surface area contributed by atoms with E-state index in [9.17, 15) is 0 Å². The highest BCUT2D eigenvalue weighted by Crippen LogP contribution is 2.30. The van der Waals surface area contributed by atoms with Gasteiger partial charge < -0.3 is 23.7 Å². The van der Waals surface area contributed by atoms with Gasteiger partial charge >= 0.3 is 0 Å². The van der Waals surface area contributed by atoms with Crippen molar-refractivity contribution in [3.63, 3.8) is 0 Å². The minimum atomic E-state index is -0.392. The van der Waals surface area contributed by atoms with Crippen molar-refractivity contribution < 1.29 is 23.7 Å². The molecule has 1 heterocycles. The minimum absolute atomic E-state index is 0.216. The Balaban J connectivity index is 1.36. The SMILES string of the molecule is C[C@@H]1O[C@H](COCc2ccccc2)[C@H](OCc2ccccc2)[C@H](OCc2ccccc2)[C@H]1OCc1ccccc1. The summed E-state index contributed by atoms with van der Waals surface area (Å²) in [6.07, 6.45) is -1.61. The van der Waals surface area contributed by atoms with Gasteiger partial charge in [0.1, 0.15) is 24.4 Å². The van der Waals surface area contributed by atoms with Crippen molar-refractivity contribution in [1.29, 1.82) is 0 Å². The van der Waals surface area contributed by atoms with Crippen molar-refractivity contribution in [1.82, 2.24) is 0 Å². The van der Waals surface area contributed by atoms with Crippen molar-refractivity contribution >= 4 is 0 Å². The zero-order valence-corrected chi connectivity index (χ0v) is 23.0. The third-order valence-corrected chi connectivity index (χ3v) is 7.12. The monoisotopic (exact) mass is 538 g/mol. The fraction of sp³-hybridized carbons (Fsp3) is 0.314. The highest BCUT2D eigenvalue weighted by molar-refractivity contribution is 5.16. The lowest BCUT2D eigenvalue weighted by atomic mass is 9.94. The van der Waals surface area contributed by atoms with E-state index in [1.807, 2.05) is 79.7 Å². The molecule has 0 amide bonds. The first-order valence-electron chi connectivity index (χ1n) is 14.0. The molecule has 0 saturated carbocycles. The molecule has 0 radical (unpaired) electrons. The van der Waals surface area contributed by atoms with Crippen LogP contribution in [-0.2, 0) is 50.1 Å². The molecule has 0 N–H and O–H groups in total. The number of ether oxygens (including phenoxy) is 5. The predicted octanol–water partition coefficient (Wildman–Crippen LogP) is 6.75. The molecule has 0 spiro atoms.